The molecular formula is C15H26N2O4. The van der Waals surface area contributed by atoms with Crippen LogP contribution in [0.4, 0.5) is 0 Å². The predicted molar refractivity (Wildman–Crippen MR) is 78.7 cm³/mol. The number of aliphatic carboxylic acids is 1. The second-order valence-corrected chi connectivity index (χ2v) is 5.61. The van der Waals surface area contributed by atoms with Gasteiger partial charge in [0.1, 0.15) is 12.1 Å². The molecule has 0 spiro atoms. The van der Waals surface area contributed by atoms with Crippen molar-refractivity contribution >= 4 is 17.8 Å². The van der Waals surface area contributed by atoms with Gasteiger partial charge < -0.3 is 15.7 Å². The highest BCUT2D eigenvalue weighted by atomic mass is 16.4. The number of carbonyl (C=O) groups is 3. The normalized spacial score (nSPS) is 19.1. The van der Waals surface area contributed by atoms with Crippen molar-refractivity contribution in [3.63, 3.8) is 0 Å². The van der Waals surface area contributed by atoms with Gasteiger partial charge in [0.05, 0.1) is 0 Å². The fourth-order valence-electron chi connectivity index (χ4n) is 2.47. The van der Waals surface area contributed by atoms with Crippen molar-refractivity contribution in [1.29, 1.82) is 0 Å². The number of carboxylic acid groups (broad SMARTS) is 1. The molecule has 21 heavy (non-hydrogen) atoms. The fourth-order valence-corrected chi connectivity index (χ4v) is 2.47. The molecule has 1 saturated heterocycles. The van der Waals surface area contributed by atoms with Crippen molar-refractivity contribution in [2.24, 2.45) is 0 Å². The van der Waals surface area contributed by atoms with Crippen molar-refractivity contribution in [2.75, 3.05) is 0 Å². The van der Waals surface area contributed by atoms with E-state index >= 15 is 0 Å². The molecule has 2 amide bonds. The van der Waals surface area contributed by atoms with Crippen LogP contribution in [0.2, 0.25) is 0 Å². The van der Waals surface area contributed by atoms with E-state index in [0.29, 0.717) is 19.3 Å². The number of amides is 2. The van der Waals surface area contributed by atoms with Gasteiger partial charge in [-0.05, 0) is 12.8 Å². The number of hydrogen-bond donors (Lipinski definition) is 3. The monoisotopic (exact) mass is 298 g/mol. The first-order valence-electron chi connectivity index (χ1n) is 7.87. The molecule has 1 rings (SSSR count). The van der Waals surface area contributed by atoms with E-state index in [9.17, 15) is 14.4 Å². The summed E-state index contributed by atoms with van der Waals surface area (Å²) in [5.41, 5.74) is 0. The van der Waals surface area contributed by atoms with Gasteiger partial charge in [0, 0.05) is 6.42 Å². The molecule has 120 valence electrons. The summed E-state index contributed by atoms with van der Waals surface area (Å²) in [7, 11) is 0. The third kappa shape index (κ3) is 6.60. The van der Waals surface area contributed by atoms with Gasteiger partial charge in [-0.2, -0.15) is 0 Å². The summed E-state index contributed by atoms with van der Waals surface area (Å²) in [6.07, 6.45) is 7.65. The van der Waals surface area contributed by atoms with E-state index in [2.05, 4.69) is 17.6 Å². The standard InChI is InChI=1S/C15H26N2O4/c1-2-3-4-5-6-7-8-12(15(20)21)17-14(19)11-9-10-13(18)16-11/h11-12H,2-10H2,1H3,(H,16,18)(H,17,19)(H,20,21)/t11-,12+/m1/s1. The first-order chi connectivity index (χ1) is 10.0. The Labute approximate surface area is 125 Å². The first-order valence-corrected chi connectivity index (χ1v) is 7.87. The maximum absolute atomic E-state index is 11.9. The molecular weight excluding hydrogens is 272 g/mol. The molecule has 3 N–H and O–H groups in total. The summed E-state index contributed by atoms with van der Waals surface area (Å²) in [6, 6.07) is -1.44. The Morgan fingerprint density at radius 3 is 2.52 bits per heavy atom. The van der Waals surface area contributed by atoms with Crippen LogP contribution in [0.5, 0.6) is 0 Å². The molecule has 0 unspecified atom stereocenters. The number of carboxylic acids is 1. The average Bonchev–Trinajstić information content (AvgIpc) is 2.87. The molecule has 0 aromatic rings. The van der Waals surface area contributed by atoms with E-state index in [1.807, 2.05) is 0 Å². The Balaban J connectivity index is 2.27. The Bertz CT molecular complexity index is 371. The van der Waals surface area contributed by atoms with E-state index in [0.717, 1.165) is 19.3 Å². The number of hydrogen-bond acceptors (Lipinski definition) is 3. The SMILES string of the molecule is CCCCCCCC[C@H](NC(=O)[C@H]1CCC(=O)N1)C(=O)O. The molecule has 0 aromatic heterocycles. The zero-order valence-electron chi connectivity index (χ0n) is 12.7. The van der Waals surface area contributed by atoms with Crippen LogP contribution in [0.3, 0.4) is 0 Å². The van der Waals surface area contributed by atoms with Gasteiger partial charge in [-0.25, -0.2) is 4.79 Å². The minimum Gasteiger partial charge on any atom is -0.480 e. The lowest BCUT2D eigenvalue weighted by Gasteiger charge is -2.17. The molecule has 0 radical (unpaired) electrons. The van der Waals surface area contributed by atoms with E-state index in [1.54, 1.807) is 0 Å². The number of nitrogens with one attached hydrogen (secondary N) is 2. The third-order valence-electron chi connectivity index (χ3n) is 3.77. The summed E-state index contributed by atoms with van der Waals surface area (Å²) in [5.74, 6) is -1.56. The van der Waals surface area contributed by atoms with Crippen molar-refractivity contribution in [2.45, 2.75) is 76.8 Å². The van der Waals surface area contributed by atoms with Crippen LogP contribution in [0.15, 0.2) is 0 Å². The van der Waals surface area contributed by atoms with Crippen LogP contribution < -0.4 is 10.6 Å². The van der Waals surface area contributed by atoms with Gasteiger partial charge in [0.25, 0.3) is 0 Å². The molecule has 1 aliphatic rings. The summed E-state index contributed by atoms with van der Waals surface area (Å²) in [6.45, 7) is 2.15. The van der Waals surface area contributed by atoms with Crippen LogP contribution in [0.25, 0.3) is 0 Å². The molecule has 6 heteroatoms. The minimum atomic E-state index is -1.01. The Morgan fingerprint density at radius 1 is 1.29 bits per heavy atom. The van der Waals surface area contributed by atoms with Gasteiger partial charge in [0.2, 0.25) is 11.8 Å². The van der Waals surface area contributed by atoms with Gasteiger partial charge in [-0.3, -0.25) is 9.59 Å². The summed E-state index contributed by atoms with van der Waals surface area (Å²) in [4.78, 5) is 34.1. The molecule has 0 saturated carbocycles. The smallest absolute Gasteiger partial charge is 0.326 e. The zero-order valence-corrected chi connectivity index (χ0v) is 12.7. The quantitative estimate of drug-likeness (QED) is 0.534. The average molecular weight is 298 g/mol. The fraction of sp³-hybridized carbons (Fsp3) is 0.800. The predicted octanol–water partition coefficient (Wildman–Crippen LogP) is 1.58. The van der Waals surface area contributed by atoms with Crippen molar-refractivity contribution in [3.05, 3.63) is 0 Å². The molecule has 1 aliphatic heterocycles. The maximum atomic E-state index is 11.9. The molecule has 1 fully saturated rings. The van der Waals surface area contributed by atoms with Gasteiger partial charge in [0.15, 0.2) is 0 Å². The summed E-state index contributed by atoms with van der Waals surface area (Å²) < 4.78 is 0. The highest BCUT2D eigenvalue weighted by molar-refractivity contribution is 5.92. The van der Waals surface area contributed by atoms with E-state index < -0.39 is 18.1 Å². The molecule has 1 heterocycles. The largest absolute Gasteiger partial charge is 0.480 e. The summed E-state index contributed by atoms with van der Waals surface area (Å²) >= 11 is 0. The van der Waals surface area contributed by atoms with Gasteiger partial charge in [-0.15, -0.1) is 0 Å². The molecule has 0 aromatic carbocycles. The minimum absolute atomic E-state index is 0.155. The van der Waals surface area contributed by atoms with E-state index in [4.69, 9.17) is 5.11 Å². The molecule has 0 aliphatic carbocycles. The lowest BCUT2D eigenvalue weighted by molar-refractivity contribution is -0.142. The number of carbonyl (C=O) groups excluding carboxylic acids is 2. The highest BCUT2D eigenvalue weighted by Gasteiger charge is 2.30. The van der Waals surface area contributed by atoms with Crippen LogP contribution in [-0.4, -0.2) is 35.0 Å². The van der Waals surface area contributed by atoms with Crippen molar-refractivity contribution in [1.82, 2.24) is 10.6 Å². The second-order valence-electron chi connectivity index (χ2n) is 5.61. The van der Waals surface area contributed by atoms with Crippen LogP contribution >= 0.6 is 0 Å². The number of unbranched alkanes of at least 4 members (excludes halogenated alkanes) is 5. The van der Waals surface area contributed by atoms with Crippen LogP contribution in [0, 0.1) is 0 Å². The van der Waals surface area contributed by atoms with Crippen molar-refractivity contribution < 1.29 is 19.5 Å². The highest BCUT2D eigenvalue weighted by Crippen LogP contribution is 2.11. The Kier molecular flexibility index (Phi) is 7.79. The van der Waals surface area contributed by atoms with Crippen LogP contribution in [-0.2, 0) is 14.4 Å². The Hall–Kier alpha value is -1.59. The van der Waals surface area contributed by atoms with Gasteiger partial charge in [-0.1, -0.05) is 45.4 Å². The molecule has 6 nitrogen and oxygen atoms in total. The van der Waals surface area contributed by atoms with Gasteiger partial charge >= 0.3 is 5.97 Å². The lowest BCUT2D eigenvalue weighted by atomic mass is 10.1. The zero-order chi connectivity index (χ0) is 15.7. The molecule has 2 atom stereocenters. The molecule has 0 bridgehead atoms. The van der Waals surface area contributed by atoms with E-state index in [1.165, 1.54) is 19.3 Å². The van der Waals surface area contributed by atoms with Crippen molar-refractivity contribution in [3.8, 4) is 0 Å². The maximum Gasteiger partial charge on any atom is 0.326 e. The number of rotatable bonds is 10. The lowest BCUT2D eigenvalue weighted by Crippen LogP contribution is -2.48. The topological polar surface area (TPSA) is 95.5 Å². The Morgan fingerprint density at radius 2 is 1.95 bits per heavy atom. The van der Waals surface area contributed by atoms with E-state index in [-0.39, 0.29) is 11.8 Å². The summed E-state index contributed by atoms with van der Waals surface area (Å²) in [5, 5.41) is 14.2. The second kappa shape index (κ2) is 9.37. The van der Waals surface area contributed by atoms with Crippen LogP contribution in [0.1, 0.15) is 64.7 Å². The first kappa shape index (κ1) is 17.5. The third-order valence-corrected chi connectivity index (χ3v) is 3.77.